The van der Waals surface area contributed by atoms with E-state index in [4.69, 9.17) is 14.6 Å². The van der Waals surface area contributed by atoms with Gasteiger partial charge in [0.2, 0.25) is 0 Å². The zero-order valence-electron chi connectivity index (χ0n) is 10.6. The molecule has 0 fully saturated rings. The Kier molecular flexibility index (Phi) is 2.45. The maximum atomic E-state index is 11.1. The Morgan fingerprint density at radius 3 is 2.84 bits per heavy atom. The summed E-state index contributed by atoms with van der Waals surface area (Å²) in [4.78, 5) is 18.0. The monoisotopic (exact) mass is 259 g/mol. The van der Waals surface area contributed by atoms with E-state index >= 15 is 0 Å². The van der Waals surface area contributed by atoms with Crippen molar-refractivity contribution in [3.63, 3.8) is 0 Å². The van der Waals surface area contributed by atoms with Gasteiger partial charge in [0.1, 0.15) is 11.5 Å². The van der Waals surface area contributed by atoms with Crippen LogP contribution in [0.25, 0.3) is 22.4 Å². The normalized spacial score (nSPS) is 11.5. The van der Waals surface area contributed by atoms with Crippen LogP contribution >= 0.6 is 0 Å². The van der Waals surface area contributed by atoms with Gasteiger partial charge in [0, 0.05) is 11.5 Å². The number of hydrogen-bond donors (Lipinski definition) is 2. The highest BCUT2D eigenvalue weighted by atomic mass is 16.4. The SMILES string of the molecule is CC(C)c1oc(N)nc1-c1ccc2oc(=O)[nH]c2c1. The minimum atomic E-state index is -0.476. The summed E-state index contributed by atoms with van der Waals surface area (Å²) >= 11 is 0. The highest BCUT2D eigenvalue weighted by molar-refractivity contribution is 5.79. The van der Waals surface area contributed by atoms with Crippen molar-refractivity contribution in [2.75, 3.05) is 5.73 Å². The number of anilines is 1. The fourth-order valence-electron chi connectivity index (χ4n) is 2.05. The third-order valence-corrected chi connectivity index (χ3v) is 2.89. The number of aromatic nitrogens is 2. The van der Waals surface area contributed by atoms with Crippen molar-refractivity contribution >= 4 is 17.1 Å². The number of H-pyrrole nitrogens is 1. The molecule has 3 N–H and O–H groups in total. The van der Waals surface area contributed by atoms with Gasteiger partial charge in [-0.3, -0.25) is 4.98 Å². The molecule has 0 spiro atoms. The van der Waals surface area contributed by atoms with Gasteiger partial charge >= 0.3 is 5.76 Å². The van der Waals surface area contributed by atoms with Gasteiger partial charge in [0.05, 0.1) is 5.52 Å². The predicted molar refractivity (Wildman–Crippen MR) is 70.8 cm³/mol. The number of benzene rings is 1. The van der Waals surface area contributed by atoms with Crippen molar-refractivity contribution in [2.24, 2.45) is 0 Å². The van der Waals surface area contributed by atoms with Crippen LogP contribution in [0.15, 0.2) is 31.8 Å². The van der Waals surface area contributed by atoms with Gasteiger partial charge in [-0.05, 0) is 18.2 Å². The first-order valence-electron chi connectivity index (χ1n) is 5.94. The molecule has 0 radical (unpaired) electrons. The summed E-state index contributed by atoms with van der Waals surface area (Å²) in [6.07, 6.45) is 0. The molecule has 0 unspecified atom stereocenters. The summed E-state index contributed by atoms with van der Waals surface area (Å²) in [6.45, 7) is 4.00. The summed E-state index contributed by atoms with van der Waals surface area (Å²) in [5.41, 5.74) is 8.27. The van der Waals surface area contributed by atoms with Crippen LogP contribution in [0.4, 0.5) is 6.01 Å². The van der Waals surface area contributed by atoms with E-state index < -0.39 is 5.76 Å². The quantitative estimate of drug-likeness (QED) is 0.736. The fraction of sp³-hybridized carbons (Fsp3) is 0.231. The molecular formula is C13H13N3O3. The van der Waals surface area contributed by atoms with E-state index in [1.165, 1.54) is 0 Å². The Balaban J connectivity index is 2.20. The predicted octanol–water partition coefficient (Wildman–Crippen LogP) is 2.48. The largest absolute Gasteiger partial charge is 0.428 e. The van der Waals surface area contributed by atoms with E-state index in [9.17, 15) is 4.79 Å². The van der Waals surface area contributed by atoms with Crippen LogP contribution < -0.4 is 11.5 Å². The molecule has 98 valence electrons. The van der Waals surface area contributed by atoms with Crippen LogP contribution in [0.1, 0.15) is 25.5 Å². The second kappa shape index (κ2) is 4.01. The molecule has 6 heteroatoms. The molecule has 6 nitrogen and oxygen atoms in total. The standard InChI is InChI=1S/C13H13N3O3/c1-6(2)11-10(16-12(14)19-11)7-3-4-9-8(5-7)15-13(17)18-9/h3-6H,1-2H3,(H2,14,16)(H,15,17). The lowest BCUT2D eigenvalue weighted by atomic mass is 10.0. The molecule has 0 aliphatic heterocycles. The summed E-state index contributed by atoms with van der Waals surface area (Å²) in [5, 5.41) is 0. The molecule has 0 saturated carbocycles. The first-order chi connectivity index (χ1) is 9.04. The molecule has 3 aromatic rings. The van der Waals surface area contributed by atoms with Gasteiger partial charge in [-0.15, -0.1) is 0 Å². The number of rotatable bonds is 2. The Hall–Kier alpha value is -2.50. The Bertz CT molecular complexity index is 795. The van der Waals surface area contributed by atoms with E-state index in [1.54, 1.807) is 12.1 Å². The first-order valence-corrected chi connectivity index (χ1v) is 5.94. The van der Waals surface area contributed by atoms with Crippen LogP contribution in [0.2, 0.25) is 0 Å². The Morgan fingerprint density at radius 2 is 2.11 bits per heavy atom. The number of aromatic amines is 1. The lowest BCUT2D eigenvalue weighted by Gasteiger charge is -2.03. The van der Waals surface area contributed by atoms with Crippen molar-refractivity contribution < 1.29 is 8.83 Å². The van der Waals surface area contributed by atoms with Crippen molar-refractivity contribution in [3.05, 3.63) is 34.5 Å². The number of nitrogen functional groups attached to an aromatic ring is 1. The number of nitrogens with one attached hydrogen (secondary N) is 1. The third-order valence-electron chi connectivity index (χ3n) is 2.89. The summed E-state index contributed by atoms with van der Waals surface area (Å²) in [7, 11) is 0. The van der Waals surface area contributed by atoms with Gasteiger partial charge in [0.15, 0.2) is 5.58 Å². The molecule has 2 aromatic heterocycles. The summed E-state index contributed by atoms with van der Waals surface area (Å²) in [5.74, 6) is 0.414. The van der Waals surface area contributed by atoms with Crippen molar-refractivity contribution in [3.8, 4) is 11.3 Å². The average Bonchev–Trinajstić information content (AvgIpc) is 2.89. The van der Waals surface area contributed by atoms with Gasteiger partial charge in [0.25, 0.3) is 6.01 Å². The zero-order chi connectivity index (χ0) is 13.6. The molecule has 0 saturated heterocycles. The third kappa shape index (κ3) is 1.91. The molecule has 19 heavy (non-hydrogen) atoms. The van der Waals surface area contributed by atoms with E-state index in [-0.39, 0.29) is 11.9 Å². The van der Waals surface area contributed by atoms with Crippen LogP contribution in [0.3, 0.4) is 0 Å². The number of nitrogens with zero attached hydrogens (tertiary/aromatic N) is 1. The van der Waals surface area contributed by atoms with E-state index in [0.29, 0.717) is 16.8 Å². The van der Waals surface area contributed by atoms with Crippen LogP contribution in [0.5, 0.6) is 0 Å². The molecule has 0 aliphatic rings. The lowest BCUT2D eigenvalue weighted by molar-refractivity contribution is 0.500. The van der Waals surface area contributed by atoms with Gasteiger partial charge in [-0.25, -0.2) is 4.79 Å². The van der Waals surface area contributed by atoms with E-state index in [1.807, 2.05) is 19.9 Å². The number of nitrogens with two attached hydrogens (primary N) is 1. The molecule has 2 heterocycles. The fourth-order valence-corrected chi connectivity index (χ4v) is 2.05. The van der Waals surface area contributed by atoms with Gasteiger partial charge < -0.3 is 14.6 Å². The van der Waals surface area contributed by atoms with Crippen LogP contribution in [-0.4, -0.2) is 9.97 Å². The number of fused-ring (bicyclic) bond motifs is 1. The van der Waals surface area contributed by atoms with Crippen molar-refractivity contribution in [2.45, 2.75) is 19.8 Å². The highest BCUT2D eigenvalue weighted by Gasteiger charge is 2.17. The number of hydrogen-bond acceptors (Lipinski definition) is 5. The van der Waals surface area contributed by atoms with Crippen LogP contribution in [-0.2, 0) is 0 Å². The first kappa shape index (κ1) is 11.6. The molecule has 3 rings (SSSR count). The maximum Gasteiger partial charge on any atom is 0.417 e. The van der Waals surface area contributed by atoms with Crippen molar-refractivity contribution in [1.82, 2.24) is 9.97 Å². The minimum Gasteiger partial charge on any atom is -0.428 e. The van der Waals surface area contributed by atoms with E-state index in [0.717, 1.165) is 11.3 Å². The Labute approximate surface area is 108 Å². The Morgan fingerprint density at radius 1 is 1.32 bits per heavy atom. The smallest absolute Gasteiger partial charge is 0.417 e. The number of oxazole rings is 2. The zero-order valence-corrected chi connectivity index (χ0v) is 10.6. The lowest BCUT2D eigenvalue weighted by Crippen LogP contribution is -1.93. The van der Waals surface area contributed by atoms with Gasteiger partial charge in [-0.2, -0.15) is 4.98 Å². The maximum absolute atomic E-state index is 11.1. The minimum absolute atomic E-state index is 0.138. The average molecular weight is 259 g/mol. The molecule has 1 aromatic carbocycles. The van der Waals surface area contributed by atoms with E-state index in [2.05, 4.69) is 9.97 Å². The molecular weight excluding hydrogens is 246 g/mol. The van der Waals surface area contributed by atoms with Gasteiger partial charge in [-0.1, -0.05) is 13.8 Å². The summed E-state index contributed by atoms with van der Waals surface area (Å²) in [6, 6.07) is 5.47. The molecule has 0 atom stereocenters. The second-order valence-electron chi connectivity index (χ2n) is 4.65. The van der Waals surface area contributed by atoms with Crippen molar-refractivity contribution in [1.29, 1.82) is 0 Å². The highest BCUT2D eigenvalue weighted by Crippen LogP contribution is 2.31. The summed E-state index contributed by atoms with van der Waals surface area (Å²) < 4.78 is 10.4. The van der Waals surface area contributed by atoms with Crippen LogP contribution in [0, 0.1) is 0 Å². The molecule has 0 aliphatic carbocycles. The topological polar surface area (TPSA) is 98.0 Å². The second-order valence-corrected chi connectivity index (χ2v) is 4.65. The molecule has 0 bridgehead atoms. The molecule has 0 amide bonds.